The highest BCUT2D eigenvalue weighted by molar-refractivity contribution is 5.38. The maximum atomic E-state index is 5.55. The first kappa shape index (κ1) is 11.9. The fourth-order valence-electron chi connectivity index (χ4n) is 4.78. The average molecular weight is 257 g/mol. The summed E-state index contributed by atoms with van der Waals surface area (Å²) < 4.78 is 5.55. The Labute approximate surface area is 115 Å². The fourth-order valence-corrected chi connectivity index (χ4v) is 4.78. The topological polar surface area (TPSA) is 12.5 Å². The predicted octanol–water partition coefficient (Wildman–Crippen LogP) is 3.05. The van der Waals surface area contributed by atoms with Crippen molar-refractivity contribution < 1.29 is 4.74 Å². The second kappa shape index (κ2) is 4.60. The fraction of sp³-hybridized carbons (Fsp3) is 0.647. The summed E-state index contributed by atoms with van der Waals surface area (Å²) in [5.41, 5.74) is 2.06. The molecule has 3 aliphatic rings. The summed E-state index contributed by atoms with van der Waals surface area (Å²) in [5.74, 6) is 1.69. The first-order valence-corrected chi connectivity index (χ1v) is 7.81. The van der Waals surface area contributed by atoms with Crippen molar-refractivity contribution in [2.24, 2.45) is 5.92 Å². The van der Waals surface area contributed by atoms with E-state index in [4.69, 9.17) is 4.74 Å². The third-order valence-corrected chi connectivity index (χ3v) is 5.57. The molecule has 2 saturated carbocycles. The minimum atomic E-state index is 0.489. The van der Waals surface area contributed by atoms with Gasteiger partial charge < -0.3 is 4.74 Å². The lowest BCUT2D eigenvalue weighted by Crippen LogP contribution is -2.47. The molecule has 3 atom stereocenters. The van der Waals surface area contributed by atoms with Gasteiger partial charge in [0, 0.05) is 24.5 Å². The third kappa shape index (κ3) is 1.77. The summed E-state index contributed by atoms with van der Waals surface area (Å²) in [7, 11) is 0. The van der Waals surface area contributed by atoms with Gasteiger partial charge in [-0.1, -0.05) is 43.2 Å². The highest BCUT2D eigenvalue weighted by Crippen LogP contribution is 2.67. The molecule has 0 bridgehead atoms. The summed E-state index contributed by atoms with van der Waals surface area (Å²) in [6, 6.07) is 11.2. The van der Waals surface area contributed by atoms with Crippen molar-refractivity contribution in [1.82, 2.24) is 4.90 Å². The number of hydrogen-bond donors (Lipinski definition) is 0. The van der Waals surface area contributed by atoms with E-state index in [1.807, 2.05) is 0 Å². The third-order valence-electron chi connectivity index (χ3n) is 5.57. The maximum absolute atomic E-state index is 5.55. The smallest absolute Gasteiger partial charge is 0.0594 e. The molecule has 2 aliphatic carbocycles. The van der Waals surface area contributed by atoms with Gasteiger partial charge in [-0.15, -0.1) is 0 Å². The summed E-state index contributed by atoms with van der Waals surface area (Å²) in [4.78, 5) is 2.76. The zero-order valence-corrected chi connectivity index (χ0v) is 11.6. The van der Waals surface area contributed by atoms with Gasteiger partial charge in [-0.25, -0.2) is 0 Å². The van der Waals surface area contributed by atoms with Crippen LogP contribution in [0.15, 0.2) is 30.3 Å². The molecule has 19 heavy (non-hydrogen) atoms. The number of morpholine rings is 1. The number of hydrogen-bond acceptors (Lipinski definition) is 2. The highest BCUT2D eigenvalue weighted by Gasteiger charge is 2.67. The maximum Gasteiger partial charge on any atom is 0.0594 e. The molecular formula is C17H23NO. The molecule has 2 heteroatoms. The Morgan fingerprint density at radius 1 is 1.05 bits per heavy atom. The zero-order chi connectivity index (χ0) is 12.7. The molecular weight excluding hydrogens is 234 g/mol. The van der Waals surface area contributed by atoms with Crippen molar-refractivity contribution in [3.05, 3.63) is 35.9 Å². The van der Waals surface area contributed by atoms with Crippen LogP contribution in [-0.4, -0.2) is 36.7 Å². The number of fused-ring (bicyclic) bond motifs is 1. The Morgan fingerprint density at radius 2 is 1.84 bits per heavy atom. The SMILES string of the molecule is c1ccc([C@H]2[C@@H]3CCCC[C@@]32N2CCOCC2)cc1. The largest absolute Gasteiger partial charge is 0.379 e. The molecule has 1 heterocycles. The molecule has 0 spiro atoms. The van der Waals surface area contributed by atoms with E-state index in [-0.39, 0.29) is 0 Å². The van der Waals surface area contributed by atoms with Crippen LogP contribution >= 0.6 is 0 Å². The van der Waals surface area contributed by atoms with Crippen LogP contribution in [0.2, 0.25) is 0 Å². The Hall–Kier alpha value is -0.860. The highest BCUT2D eigenvalue weighted by atomic mass is 16.5. The molecule has 1 aromatic rings. The molecule has 4 rings (SSSR count). The average Bonchev–Trinajstić information content (AvgIpc) is 3.19. The zero-order valence-electron chi connectivity index (χ0n) is 11.6. The molecule has 0 radical (unpaired) electrons. The van der Waals surface area contributed by atoms with E-state index < -0.39 is 0 Å². The van der Waals surface area contributed by atoms with E-state index >= 15 is 0 Å². The van der Waals surface area contributed by atoms with Gasteiger partial charge in [0.15, 0.2) is 0 Å². The summed E-state index contributed by atoms with van der Waals surface area (Å²) in [5, 5.41) is 0. The van der Waals surface area contributed by atoms with Crippen molar-refractivity contribution in [2.45, 2.75) is 37.1 Å². The lowest BCUT2D eigenvalue weighted by molar-refractivity contribution is -0.00254. The van der Waals surface area contributed by atoms with Crippen molar-refractivity contribution in [3.8, 4) is 0 Å². The van der Waals surface area contributed by atoms with Gasteiger partial charge >= 0.3 is 0 Å². The molecule has 0 amide bonds. The van der Waals surface area contributed by atoms with Crippen LogP contribution in [0.25, 0.3) is 0 Å². The Balaban J connectivity index is 1.64. The first-order chi connectivity index (χ1) is 9.43. The van der Waals surface area contributed by atoms with E-state index in [9.17, 15) is 0 Å². The van der Waals surface area contributed by atoms with E-state index in [1.54, 1.807) is 5.56 Å². The quantitative estimate of drug-likeness (QED) is 0.807. The first-order valence-electron chi connectivity index (χ1n) is 7.81. The molecule has 0 unspecified atom stereocenters. The van der Waals surface area contributed by atoms with Crippen LogP contribution in [-0.2, 0) is 4.74 Å². The van der Waals surface area contributed by atoms with Crippen LogP contribution in [0.4, 0.5) is 0 Å². The Morgan fingerprint density at radius 3 is 2.63 bits per heavy atom. The van der Waals surface area contributed by atoms with E-state index in [1.165, 1.54) is 25.7 Å². The molecule has 102 valence electrons. The van der Waals surface area contributed by atoms with Gasteiger partial charge in [-0.2, -0.15) is 0 Å². The number of ether oxygens (including phenoxy) is 1. The monoisotopic (exact) mass is 257 g/mol. The van der Waals surface area contributed by atoms with Crippen molar-refractivity contribution in [3.63, 3.8) is 0 Å². The van der Waals surface area contributed by atoms with E-state index in [2.05, 4.69) is 35.2 Å². The summed E-state index contributed by atoms with van der Waals surface area (Å²) in [6.45, 7) is 4.13. The molecule has 0 N–H and O–H groups in total. The summed E-state index contributed by atoms with van der Waals surface area (Å²) in [6.07, 6.45) is 5.67. The van der Waals surface area contributed by atoms with Gasteiger partial charge in [-0.05, 0) is 24.3 Å². The van der Waals surface area contributed by atoms with Crippen molar-refractivity contribution in [1.29, 1.82) is 0 Å². The molecule has 3 fully saturated rings. The lowest BCUT2D eigenvalue weighted by atomic mass is 9.93. The van der Waals surface area contributed by atoms with Crippen LogP contribution < -0.4 is 0 Å². The molecule has 1 aliphatic heterocycles. The normalized spacial score (nSPS) is 38.7. The van der Waals surface area contributed by atoms with Crippen molar-refractivity contribution >= 4 is 0 Å². The van der Waals surface area contributed by atoms with E-state index in [0.717, 1.165) is 38.1 Å². The minimum absolute atomic E-state index is 0.489. The van der Waals surface area contributed by atoms with Crippen LogP contribution in [0.3, 0.4) is 0 Å². The summed E-state index contributed by atoms with van der Waals surface area (Å²) >= 11 is 0. The van der Waals surface area contributed by atoms with Gasteiger partial charge in [-0.3, -0.25) is 4.90 Å². The molecule has 2 nitrogen and oxygen atoms in total. The standard InChI is InChI=1S/C17H23NO/c1-2-6-14(7-3-1)16-15-8-4-5-9-17(15,16)18-10-12-19-13-11-18/h1-3,6-7,15-16H,4-5,8-13H2/t15-,16-,17+/m0/s1. The van der Waals surface area contributed by atoms with Gasteiger partial charge in [0.1, 0.15) is 0 Å². The Kier molecular flexibility index (Phi) is 2.89. The Bertz CT molecular complexity index is 440. The number of rotatable bonds is 2. The van der Waals surface area contributed by atoms with E-state index in [0.29, 0.717) is 5.54 Å². The van der Waals surface area contributed by atoms with Crippen molar-refractivity contribution in [2.75, 3.05) is 26.3 Å². The molecule has 0 aromatic heterocycles. The van der Waals surface area contributed by atoms with Crippen LogP contribution in [0.5, 0.6) is 0 Å². The second-order valence-corrected chi connectivity index (χ2v) is 6.33. The molecule has 1 saturated heterocycles. The van der Waals surface area contributed by atoms with Gasteiger partial charge in [0.25, 0.3) is 0 Å². The van der Waals surface area contributed by atoms with Crippen LogP contribution in [0.1, 0.15) is 37.2 Å². The minimum Gasteiger partial charge on any atom is -0.379 e. The predicted molar refractivity (Wildman–Crippen MR) is 76.3 cm³/mol. The van der Waals surface area contributed by atoms with Gasteiger partial charge in [0.2, 0.25) is 0 Å². The second-order valence-electron chi connectivity index (χ2n) is 6.33. The van der Waals surface area contributed by atoms with Crippen LogP contribution in [0, 0.1) is 5.92 Å². The number of nitrogens with zero attached hydrogens (tertiary/aromatic N) is 1. The lowest BCUT2D eigenvalue weighted by Gasteiger charge is -2.38. The van der Waals surface area contributed by atoms with Gasteiger partial charge in [0.05, 0.1) is 13.2 Å². The molecule has 1 aromatic carbocycles. The number of benzene rings is 1.